The van der Waals surface area contributed by atoms with Gasteiger partial charge in [-0.25, -0.2) is 18.6 Å². The van der Waals surface area contributed by atoms with E-state index in [0.29, 0.717) is 30.2 Å². The van der Waals surface area contributed by atoms with E-state index in [-0.39, 0.29) is 48.2 Å². The van der Waals surface area contributed by atoms with Gasteiger partial charge < -0.3 is 35.8 Å². The molecule has 0 unspecified atom stereocenters. The number of methoxy groups -OCH3 is 1. The fraction of sp³-hybridized carbons (Fsp3) is 0.333. The number of amides is 1. The number of nitrogens with one attached hydrogen (secondary N) is 2. The number of carbonyl (C=O) groups excluding carboxylic acids is 1. The van der Waals surface area contributed by atoms with Crippen LogP contribution < -0.4 is 26.0 Å². The maximum atomic E-state index is 14.9. The molecule has 3 aromatic heterocycles. The summed E-state index contributed by atoms with van der Waals surface area (Å²) in [6.45, 7) is 2.68. The number of benzene rings is 1. The van der Waals surface area contributed by atoms with Crippen LogP contribution in [0.5, 0.6) is 5.75 Å². The standard InChI is InChI=1S/C27H30F2N8O4/c1-15-13-36(14-20(30)25(15)34-27(39)40-2)23-5-6-31-12-22(23)33-26-32-11-16-3-4-21(35-37(16)26)24-18(28)9-17(10-19(24)29)41-8-7-38/h3-6,9-12,15,20,25,38H,7-8,13-14,30H2,1-2H3,(H,32,33)(H,34,39)/t15-,20+,25-/m0/s1. The first kappa shape index (κ1) is 28.0. The third kappa shape index (κ3) is 5.83. The summed E-state index contributed by atoms with van der Waals surface area (Å²) in [6, 6.07) is 6.47. The number of alkyl carbamates (subject to hydrolysis) is 1. The summed E-state index contributed by atoms with van der Waals surface area (Å²) in [5.41, 5.74) is 8.18. The Morgan fingerprint density at radius 2 is 1.98 bits per heavy atom. The number of halogens is 2. The number of aliphatic hydroxyl groups is 1. The van der Waals surface area contributed by atoms with Crippen molar-refractivity contribution in [1.82, 2.24) is 24.9 Å². The lowest BCUT2D eigenvalue weighted by molar-refractivity contribution is 0.156. The van der Waals surface area contributed by atoms with E-state index in [1.54, 1.807) is 24.7 Å². The molecule has 14 heteroatoms. The Balaban J connectivity index is 1.42. The van der Waals surface area contributed by atoms with E-state index < -0.39 is 17.7 Å². The fourth-order valence-electron chi connectivity index (χ4n) is 4.99. The van der Waals surface area contributed by atoms with Gasteiger partial charge in [0.25, 0.3) is 0 Å². The molecule has 12 nitrogen and oxygen atoms in total. The zero-order valence-corrected chi connectivity index (χ0v) is 22.4. The molecule has 4 heterocycles. The van der Waals surface area contributed by atoms with Crippen LogP contribution >= 0.6 is 0 Å². The number of nitrogens with zero attached hydrogens (tertiary/aromatic N) is 5. The number of pyridine rings is 1. The molecule has 1 aliphatic heterocycles. The fourth-order valence-corrected chi connectivity index (χ4v) is 4.99. The summed E-state index contributed by atoms with van der Waals surface area (Å²) in [7, 11) is 1.31. The molecule has 1 aromatic carbocycles. The maximum Gasteiger partial charge on any atom is 0.407 e. The molecule has 5 N–H and O–H groups in total. The van der Waals surface area contributed by atoms with Gasteiger partial charge in [-0.3, -0.25) is 4.98 Å². The summed E-state index contributed by atoms with van der Waals surface area (Å²) < 4.78 is 41.2. The first-order valence-corrected chi connectivity index (χ1v) is 12.9. The number of nitrogens with two attached hydrogens (primary N) is 1. The van der Waals surface area contributed by atoms with Gasteiger partial charge in [-0.15, -0.1) is 0 Å². The monoisotopic (exact) mass is 568 g/mol. The molecule has 216 valence electrons. The summed E-state index contributed by atoms with van der Waals surface area (Å²) in [5.74, 6) is -1.43. The van der Waals surface area contributed by atoms with Gasteiger partial charge >= 0.3 is 6.09 Å². The number of carbonyl (C=O) groups is 1. The summed E-state index contributed by atoms with van der Waals surface area (Å²) in [4.78, 5) is 22.5. The summed E-state index contributed by atoms with van der Waals surface area (Å²) in [5, 5.41) is 19.4. The van der Waals surface area contributed by atoms with Crippen LogP contribution in [0, 0.1) is 17.6 Å². The number of aliphatic hydroxyl groups excluding tert-OH is 1. The zero-order valence-electron chi connectivity index (χ0n) is 22.4. The highest BCUT2D eigenvalue weighted by Crippen LogP contribution is 2.32. The normalized spacial score (nSPS) is 18.8. The predicted molar refractivity (Wildman–Crippen MR) is 147 cm³/mol. The SMILES string of the molecule is COC(=O)N[C@@H]1[C@H](N)CN(c2ccncc2Nc2ncc3ccc(-c4c(F)cc(OCCO)cc4F)nn23)C[C@@H]1C. The van der Waals surface area contributed by atoms with Crippen molar-refractivity contribution in [3.63, 3.8) is 0 Å². The van der Waals surface area contributed by atoms with E-state index >= 15 is 0 Å². The number of fused-ring (bicyclic) bond motifs is 1. The van der Waals surface area contributed by atoms with Gasteiger partial charge in [-0.1, -0.05) is 6.92 Å². The molecular weight excluding hydrogens is 538 g/mol. The Kier molecular flexibility index (Phi) is 8.12. The Hall–Kier alpha value is -4.56. The molecule has 0 saturated carbocycles. The van der Waals surface area contributed by atoms with Gasteiger partial charge in [0, 0.05) is 37.5 Å². The van der Waals surface area contributed by atoms with Crippen LogP contribution in [0.25, 0.3) is 16.8 Å². The van der Waals surface area contributed by atoms with Crippen molar-refractivity contribution in [2.75, 3.05) is 43.6 Å². The molecule has 3 atom stereocenters. The largest absolute Gasteiger partial charge is 0.491 e. The zero-order chi connectivity index (χ0) is 29.1. The molecule has 1 fully saturated rings. The quantitative estimate of drug-likeness (QED) is 0.250. The second-order valence-electron chi connectivity index (χ2n) is 9.70. The number of anilines is 3. The van der Waals surface area contributed by atoms with Crippen molar-refractivity contribution in [1.29, 1.82) is 0 Å². The first-order chi connectivity index (χ1) is 19.8. The molecule has 5 rings (SSSR count). The lowest BCUT2D eigenvalue weighted by Gasteiger charge is -2.42. The molecule has 41 heavy (non-hydrogen) atoms. The number of hydrogen-bond acceptors (Lipinski definition) is 10. The molecule has 0 spiro atoms. The van der Waals surface area contributed by atoms with Gasteiger partial charge in [0.05, 0.1) is 60.3 Å². The molecule has 0 radical (unpaired) electrons. The van der Waals surface area contributed by atoms with Crippen LogP contribution in [-0.4, -0.2) is 76.3 Å². The highest BCUT2D eigenvalue weighted by atomic mass is 19.1. The number of hydrogen-bond donors (Lipinski definition) is 4. The van der Waals surface area contributed by atoms with Crippen LogP contribution in [0.15, 0.2) is 48.9 Å². The average Bonchev–Trinajstić information content (AvgIpc) is 3.35. The Labute approximate surface area is 234 Å². The number of piperidine rings is 1. The van der Waals surface area contributed by atoms with Gasteiger partial charge in [-0.05, 0) is 24.1 Å². The predicted octanol–water partition coefficient (Wildman–Crippen LogP) is 2.69. The minimum absolute atomic E-state index is 0.0144. The summed E-state index contributed by atoms with van der Waals surface area (Å²) in [6.07, 6.45) is 4.35. The number of rotatable bonds is 8. The van der Waals surface area contributed by atoms with E-state index in [0.717, 1.165) is 17.8 Å². The van der Waals surface area contributed by atoms with Gasteiger partial charge in [0.15, 0.2) is 0 Å². The first-order valence-electron chi connectivity index (χ1n) is 12.9. The van der Waals surface area contributed by atoms with E-state index in [4.69, 9.17) is 20.3 Å². The van der Waals surface area contributed by atoms with E-state index in [2.05, 4.69) is 30.6 Å². The topological polar surface area (TPSA) is 152 Å². The molecular formula is C27H30F2N8O4. The Bertz CT molecular complexity index is 1520. The van der Waals surface area contributed by atoms with Crippen LogP contribution in [0.3, 0.4) is 0 Å². The minimum Gasteiger partial charge on any atom is -0.491 e. The van der Waals surface area contributed by atoms with Crippen molar-refractivity contribution in [2.45, 2.75) is 19.0 Å². The molecule has 0 aliphatic carbocycles. The summed E-state index contributed by atoms with van der Waals surface area (Å²) >= 11 is 0. The number of ether oxygens (including phenoxy) is 2. The van der Waals surface area contributed by atoms with Gasteiger partial charge in [0.1, 0.15) is 24.0 Å². The smallest absolute Gasteiger partial charge is 0.407 e. The molecule has 1 aliphatic rings. The average molecular weight is 569 g/mol. The highest BCUT2D eigenvalue weighted by Gasteiger charge is 2.34. The molecule has 1 saturated heterocycles. The van der Waals surface area contributed by atoms with Crippen molar-refractivity contribution in [2.24, 2.45) is 11.7 Å². The van der Waals surface area contributed by atoms with Crippen LogP contribution in [0.1, 0.15) is 6.92 Å². The van der Waals surface area contributed by atoms with Crippen molar-refractivity contribution in [3.8, 4) is 17.0 Å². The lowest BCUT2D eigenvalue weighted by Crippen LogP contribution is -2.62. The van der Waals surface area contributed by atoms with Gasteiger partial charge in [0.2, 0.25) is 5.95 Å². The Morgan fingerprint density at radius 3 is 2.68 bits per heavy atom. The number of aromatic nitrogens is 4. The second-order valence-corrected chi connectivity index (χ2v) is 9.70. The van der Waals surface area contributed by atoms with Gasteiger partial charge in [-0.2, -0.15) is 9.61 Å². The maximum absolute atomic E-state index is 14.9. The van der Waals surface area contributed by atoms with Crippen molar-refractivity contribution in [3.05, 3.63) is 60.6 Å². The molecule has 0 bridgehead atoms. The minimum atomic E-state index is -0.857. The lowest BCUT2D eigenvalue weighted by atomic mass is 9.90. The third-order valence-electron chi connectivity index (χ3n) is 6.88. The second kappa shape index (κ2) is 11.9. The van der Waals surface area contributed by atoms with Crippen LogP contribution in [0.4, 0.5) is 30.9 Å². The van der Waals surface area contributed by atoms with E-state index in [1.807, 2.05) is 13.0 Å². The van der Waals surface area contributed by atoms with E-state index in [1.165, 1.54) is 17.7 Å². The molecule has 1 amide bonds. The van der Waals surface area contributed by atoms with Crippen LogP contribution in [0.2, 0.25) is 0 Å². The van der Waals surface area contributed by atoms with Crippen LogP contribution in [-0.2, 0) is 4.74 Å². The van der Waals surface area contributed by atoms with Crippen molar-refractivity contribution < 1.29 is 28.2 Å². The molecule has 4 aromatic rings. The Morgan fingerprint density at radius 1 is 1.20 bits per heavy atom. The third-order valence-corrected chi connectivity index (χ3v) is 6.88. The highest BCUT2D eigenvalue weighted by molar-refractivity contribution is 5.74. The van der Waals surface area contributed by atoms with E-state index in [9.17, 15) is 13.6 Å². The van der Waals surface area contributed by atoms with Crippen molar-refractivity contribution >= 4 is 28.9 Å². The number of imidazole rings is 1.